The molecule has 3 heterocycles. The molecule has 118 valence electrons. The van der Waals surface area contributed by atoms with Gasteiger partial charge in [-0.2, -0.15) is 0 Å². The van der Waals surface area contributed by atoms with Gasteiger partial charge in [0.25, 0.3) is 0 Å². The lowest BCUT2D eigenvalue weighted by Crippen LogP contribution is -2.38. The summed E-state index contributed by atoms with van der Waals surface area (Å²) < 4.78 is 8.07. The maximum atomic E-state index is 5.83. The van der Waals surface area contributed by atoms with E-state index in [2.05, 4.69) is 38.3 Å². The van der Waals surface area contributed by atoms with Crippen molar-refractivity contribution in [1.29, 1.82) is 0 Å². The summed E-state index contributed by atoms with van der Waals surface area (Å²) >= 11 is 0. The van der Waals surface area contributed by atoms with Crippen LogP contribution in [-0.2, 0) is 6.54 Å². The van der Waals surface area contributed by atoms with Gasteiger partial charge in [-0.3, -0.25) is 4.90 Å². The van der Waals surface area contributed by atoms with Crippen molar-refractivity contribution in [2.45, 2.75) is 45.4 Å². The number of likely N-dealkylation sites (tertiary alicyclic amines) is 1. The molecule has 1 saturated heterocycles. The summed E-state index contributed by atoms with van der Waals surface area (Å²) in [6, 6.07) is 2.74. The van der Waals surface area contributed by atoms with E-state index in [4.69, 9.17) is 4.74 Å². The summed E-state index contributed by atoms with van der Waals surface area (Å²) in [6.45, 7) is 7.38. The van der Waals surface area contributed by atoms with E-state index in [0.29, 0.717) is 12.1 Å². The fourth-order valence-electron chi connectivity index (χ4n) is 2.83. The van der Waals surface area contributed by atoms with Crippen molar-refractivity contribution in [2.75, 3.05) is 13.1 Å². The van der Waals surface area contributed by atoms with Crippen LogP contribution in [0.15, 0.2) is 31.0 Å². The quantitative estimate of drug-likeness (QED) is 0.848. The summed E-state index contributed by atoms with van der Waals surface area (Å²) in [4.78, 5) is 15.0. The SMILES string of the molecule is CC(C)n1cncc1CN1CCC(Oc2ncccn2)CC1. The Balaban J connectivity index is 1.50. The van der Waals surface area contributed by atoms with E-state index in [0.717, 1.165) is 32.5 Å². The highest BCUT2D eigenvalue weighted by Crippen LogP contribution is 2.18. The third-order valence-corrected chi connectivity index (χ3v) is 4.04. The minimum atomic E-state index is 0.216. The van der Waals surface area contributed by atoms with Gasteiger partial charge in [0, 0.05) is 44.3 Å². The largest absolute Gasteiger partial charge is 0.460 e. The highest BCUT2D eigenvalue weighted by Gasteiger charge is 2.22. The lowest BCUT2D eigenvalue weighted by Gasteiger charge is -2.31. The second-order valence-electron chi connectivity index (χ2n) is 6.01. The zero-order valence-electron chi connectivity index (χ0n) is 13.2. The first kappa shape index (κ1) is 15.0. The zero-order valence-corrected chi connectivity index (χ0v) is 13.2. The van der Waals surface area contributed by atoms with Crippen LogP contribution in [0, 0.1) is 0 Å². The summed E-state index contributed by atoms with van der Waals surface area (Å²) in [6.07, 6.45) is 9.55. The Hall–Kier alpha value is -1.95. The van der Waals surface area contributed by atoms with Gasteiger partial charge in [-0.15, -0.1) is 0 Å². The van der Waals surface area contributed by atoms with Crippen molar-refractivity contribution >= 4 is 0 Å². The molecular formula is C16H23N5O. The topological polar surface area (TPSA) is 56.1 Å². The Morgan fingerprint density at radius 2 is 1.95 bits per heavy atom. The standard InChI is InChI=1S/C16H23N5O/c1-13(2)21-12-17-10-14(21)11-20-8-4-15(5-9-20)22-16-18-6-3-7-19-16/h3,6-7,10,12-13,15H,4-5,8-9,11H2,1-2H3. The lowest BCUT2D eigenvalue weighted by atomic mass is 10.1. The molecule has 0 bridgehead atoms. The summed E-state index contributed by atoms with van der Waals surface area (Å²) in [5.41, 5.74) is 1.28. The van der Waals surface area contributed by atoms with E-state index in [1.165, 1.54) is 5.69 Å². The smallest absolute Gasteiger partial charge is 0.316 e. The summed E-state index contributed by atoms with van der Waals surface area (Å²) in [5, 5.41) is 0. The average Bonchev–Trinajstić information content (AvgIpc) is 2.99. The molecule has 0 radical (unpaired) electrons. The fraction of sp³-hybridized carbons (Fsp3) is 0.562. The molecule has 0 unspecified atom stereocenters. The van der Waals surface area contributed by atoms with Gasteiger partial charge in [0.05, 0.1) is 12.0 Å². The third-order valence-electron chi connectivity index (χ3n) is 4.04. The van der Waals surface area contributed by atoms with Crippen LogP contribution in [0.4, 0.5) is 0 Å². The van der Waals surface area contributed by atoms with Gasteiger partial charge < -0.3 is 9.30 Å². The van der Waals surface area contributed by atoms with Crippen LogP contribution in [-0.4, -0.2) is 43.6 Å². The molecule has 1 aliphatic heterocycles. The Morgan fingerprint density at radius 1 is 1.23 bits per heavy atom. The molecule has 0 spiro atoms. The van der Waals surface area contributed by atoms with Crippen molar-refractivity contribution in [3.05, 3.63) is 36.7 Å². The molecule has 1 aliphatic rings. The molecule has 1 fully saturated rings. The minimum absolute atomic E-state index is 0.216. The number of imidazole rings is 1. The van der Waals surface area contributed by atoms with E-state index in [-0.39, 0.29) is 6.10 Å². The van der Waals surface area contributed by atoms with Crippen LogP contribution in [0.25, 0.3) is 0 Å². The normalized spacial score (nSPS) is 17.0. The van der Waals surface area contributed by atoms with Crippen LogP contribution >= 0.6 is 0 Å². The molecule has 3 rings (SSSR count). The van der Waals surface area contributed by atoms with Crippen molar-refractivity contribution in [3.8, 4) is 6.01 Å². The number of aromatic nitrogens is 4. The molecule has 0 N–H and O–H groups in total. The van der Waals surface area contributed by atoms with Gasteiger partial charge in [-0.25, -0.2) is 15.0 Å². The van der Waals surface area contributed by atoms with Crippen molar-refractivity contribution in [2.24, 2.45) is 0 Å². The van der Waals surface area contributed by atoms with Gasteiger partial charge >= 0.3 is 6.01 Å². The predicted octanol–water partition coefficient (Wildman–Crippen LogP) is 2.30. The van der Waals surface area contributed by atoms with Crippen molar-refractivity contribution in [3.63, 3.8) is 0 Å². The molecule has 6 nitrogen and oxygen atoms in total. The molecule has 2 aromatic rings. The van der Waals surface area contributed by atoms with Gasteiger partial charge in [-0.05, 0) is 32.8 Å². The number of ether oxygens (including phenoxy) is 1. The molecule has 22 heavy (non-hydrogen) atoms. The Kier molecular flexibility index (Phi) is 4.68. The van der Waals surface area contributed by atoms with Gasteiger partial charge in [0.1, 0.15) is 6.10 Å². The Bertz CT molecular complexity index is 575. The molecule has 6 heteroatoms. The Morgan fingerprint density at radius 3 is 2.64 bits per heavy atom. The van der Waals surface area contributed by atoms with Gasteiger partial charge in [-0.1, -0.05) is 0 Å². The van der Waals surface area contributed by atoms with Gasteiger partial charge in [0.2, 0.25) is 0 Å². The van der Waals surface area contributed by atoms with E-state index < -0.39 is 0 Å². The molecule has 0 amide bonds. The molecule has 0 aliphatic carbocycles. The minimum Gasteiger partial charge on any atom is -0.460 e. The first-order chi connectivity index (χ1) is 10.7. The van der Waals surface area contributed by atoms with E-state index >= 15 is 0 Å². The molecule has 0 aromatic carbocycles. The molecule has 0 atom stereocenters. The summed E-state index contributed by atoms with van der Waals surface area (Å²) in [5.74, 6) is 0. The number of hydrogen-bond acceptors (Lipinski definition) is 5. The highest BCUT2D eigenvalue weighted by atomic mass is 16.5. The van der Waals surface area contributed by atoms with Crippen LogP contribution in [0.2, 0.25) is 0 Å². The third kappa shape index (κ3) is 3.62. The number of piperidine rings is 1. The predicted molar refractivity (Wildman–Crippen MR) is 83.6 cm³/mol. The van der Waals surface area contributed by atoms with Crippen LogP contribution < -0.4 is 4.74 Å². The van der Waals surface area contributed by atoms with Crippen molar-refractivity contribution < 1.29 is 4.74 Å². The first-order valence-electron chi connectivity index (χ1n) is 7.89. The number of hydrogen-bond donors (Lipinski definition) is 0. The van der Waals surface area contributed by atoms with E-state index in [1.807, 2.05) is 12.5 Å². The monoisotopic (exact) mass is 301 g/mol. The zero-order chi connectivity index (χ0) is 15.4. The number of nitrogens with zero attached hydrogens (tertiary/aromatic N) is 5. The van der Waals surface area contributed by atoms with Gasteiger partial charge in [0.15, 0.2) is 0 Å². The lowest BCUT2D eigenvalue weighted by molar-refractivity contribution is 0.0879. The average molecular weight is 301 g/mol. The second kappa shape index (κ2) is 6.87. The second-order valence-corrected chi connectivity index (χ2v) is 6.01. The molecular weight excluding hydrogens is 278 g/mol. The maximum Gasteiger partial charge on any atom is 0.316 e. The summed E-state index contributed by atoms with van der Waals surface area (Å²) in [7, 11) is 0. The maximum absolute atomic E-state index is 5.83. The van der Waals surface area contributed by atoms with E-state index in [9.17, 15) is 0 Å². The fourth-order valence-corrected chi connectivity index (χ4v) is 2.83. The van der Waals surface area contributed by atoms with Crippen LogP contribution in [0.1, 0.15) is 38.4 Å². The van der Waals surface area contributed by atoms with Crippen molar-refractivity contribution in [1.82, 2.24) is 24.4 Å². The van der Waals surface area contributed by atoms with Crippen LogP contribution in [0.5, 0.6) is 6.01 Å². The molecule has 2 aromatic heterocycles. The highest BCUT2D eigenvalue weighted by molar-refractivity contribution is 5.00. The van der Waals surface area contributed by atoms with Crippen LogP contribution in [0.3, 0.4) is 0 Å². The molecule has 0 saturated carbocycles. The number of rotatable bonds is 5. The first-order valence-corrected chi connectivity index (χ1v) is 7.89. The van der Waals surface area contributed by atoms with E-state index in [1.54, 1.807) is 18.5 Å². The Labute approximate surface area is 131 Å².